The summed E-state index contributed by atoms with van der Waals surface area (Å²) in [6, 6.07) is 2.55. The summed E-state index contributed by atoms with van der Waals surface area (Å²) in [6.45, 7) is 8.32. The highest BCUT2D eigenvalue weighted by Crippen LogP contribution is 2.40. The number of nitrogens with zero attached hydrogens (tertiary/aromatic N) is 4. The average molecular weight is 521 g/mol. The highest BCUT2D eigenvalue weighted by atomic mass is 16.7. The second-order valence-corrected chi connectivity index (χ2v) is 10.3. The van der Waals surface area contributed by atoms with Gasteiger partial charge >= 0.3 is 5.97 Å². The van der Waals surface area contributed by atoms with Gasteiger partial charge in [-0.2, -0.15) is 5.10 Å². The lowest BCUT2D eigenvalue weighted by Crippen LogP contribution is -2.43. The molecule has 5 atom stereocenters. The lowest BCUT2D eigenvalue weighted by molar-refractivity contribution is -0.170. The number of amides is 1. The topological polar surface area (TPSA) is 183 Å². The van der Waals surface area contributed by atoms with E-state index in [-0.39, 0.29) is 25.1 Å². The molecule has 5 N–H and O–H groups in total. The third-order valence-electron chi connectivity index (χ3n) is 6.09. The minimum atomic E-state index is -1.60. The molecule has 204 valence electrons. The number of carbonyl (C=O) groups excluding carboxylic acids is 2. The minimum absolute atomic E-state index is 0.0797. The van der Waals surface area contributed by atoms with E-state index in [4.69, 9.17) is 19.9 Å². The normalized spacial score (nSPS) is 25.2. The first-order chi connectivity index (χ1) is 17.3. The predicted octanol–water partition coefficient (Wildman–Crippen LogP) is 0.231. The van der Waals surface area contributed by atoms with Crippen molar-refractivity contribution >= 4 is 29.4 Å². The standard InChI is InChI=1S/C24H36N6O7/c1-13(2)17(25)21(33)29-20-14-7-8-16(30(14)28-11-27-20)24(10-26-6)19(32)18(31)15(37-24)9-35-12-36-22(34)23(3,4)5/h7-8,10-11,13,15,17-19,31-32H,9,12,25H2,1-6H3,(H,27,28,29,33)/t15-,17+,18-,19-,24+/m1/s1. The van der Waals surface area contributed by atoms with Crippen molar-refractivity contribution < 1.29 is 34.0 Å². The van der Waals surface area contributed by atoms with Crippen LogP contribution in [-0.4, -0.2) is 87.7 Å². The Kier molecular flexibility index (Phi) is 8.65. The van der Waals surface area contributed by atoms with Gasteiger partial charge < -0.3 is 35.5 Å². The number of aliphatic hydroxyl groups excluding tert-OH is 2. The van der Waals surface area contributed by atoms with Crippen molar-refractivity contribution in [1.82, 2.24) is 14.6 Å². The van der Waals surface area contributed by atoms with Gasteiger partial charge in [0, 0.05) is 13.3 Å². The molecule has 37 heavy (non-hydrogen) atoms. The quantitative estimate of drug-likeness (QED) is 0.154. The van der Waals surface area contributed by atoms with E-state index in [1.54, 1.807) is 32.9 Å². The highest BCUT2D eigenvalue weighted by Gasteiger charge is 2.56. The lowest BCUT2D eigenvalue weighted by atomic mass is 9.92. The summed E-state index contributed by atoms with van der Waals surface area (Å²) in [5.74, 6) is -0.701. The number of carbonyl (C=O) groups is 2. The second-order valence-electron chi connectivity index (χ2n) is 10.3. The van der Waals surface area contributed by atoms with Crippen LogP contribution in [-0.2, 0) is 29.4 Å². The van der Waals surface area contributed by atoms with E-state index in [1.807, 2.05) is 13.8 Å². The first-order valence-electron chi connectivity index (χ1n) is 12.0. The molecule has 0 saturated carbocycles. The molecule has 0 spiro atoms. The van der Waals surface area contributed by atoms with Crippen molar-refractivity contribution in [1.29, 1.82) is 0 Å². The molecule has 1 aliphatic heterocycles. The van der Waals surface area contributed by atoms with Gasteiger partial charge in [0.05, 0.1) is 23.8 Å². The van der Waals surface area contributed by atoms with Crippen LogP contribution in [0.25, 0.3) is 5.52 Å². The Morgan fingerprint density at radius 2 is 2.05 bits per heavy atom. The predicted molar refractivity (Wildman–Crippen MR) is 134 cm³/mol. The smallest absolute Gasteiger partial charge is 0.313 e. The van der Waals surface area contributed by atoms with Crippen LogP contribution in [0.1, 0.15) is 40.3 Å². The van der Waals surface area contributed by atoms with Crippen molar-refractivity contribution in [2.45, 2.75) is 64.6 Å². The number of ether oxygens (including phenoxy) is 3. The van der Waals surface area contributed by atoms with E-state index >= 15 is 0 Å². The van der Waals surface area contributed by atoms with Crippen molar-refractivity contribution in [3.05, 3.63) is 24.2 Å². The van der Waals surface area contributed by atoms with Crippen LogP contribution in [0.2, 0.25) is 0 Å². The molecule has 3 rings (SSSR count). The molecule has 1 amide bonds. The summed E-state index contributed by atoms with van der Waals surface area (Å²) in [5, 5.41) is 28.8. The SMILES string of the molecule is CN=C[C@@]1(c2ccc3c(NC(=O)[C@@H](N)C(C)C)ncnn23)O[C@H](COCOC(=O)C(C)(C)C)[C@@H](O)[C@H]1O. The summed E-state index contributed by atoms with van der Waals surface area (Å²) >= 11 is 0. The number of aliphatic hydroxyl groups is 2. The van der Waals surface area contributed by atoms with E-state index in [1.165, 1.54) is 24.1 Å². The van der Waals surface area contributed by atoms with Gasteiger partial charge in [-0.3, -0.25) is 14.6 Å². The van der Waals surface area contributed by atoms with Gasteiger partial charge in [-0.15, -0.1) is 0 Å². The molecule has 13 heteroatoms. The summed E-state index contributed by atoms with van der Waals surface area (Å²) in [5.41, 5.74) is 4.43. The van der Waals surface area contributed by atoms with Crippen LogP contribution < -0.4 is 11.1 Å². The van der Waals surface area contributed by atoms with Crippen LogP contribution >= 0.6 is 0 Å². The molecule has 3 heterocycles. The minimum Gasteiger partial charge on any atom is -0.438 e. The van der Waals surface area contributed by atoms with E-state index in [2.05, 4.69) is 20.4 Å². The average Bonchev–Trinajstić information content (AvgIpc) is 3.37. The van der Waals surface area contributed by atoms with Crippen LogP contribution in [0.3, 0.4) is 0 Å². The van der Waals surface area contributed by atoms with Crippen molar-refractivity contribution in [3.8, 4) is 0 Å². The molecular weight excluding hydrogens is 484 g/mol. The molecule has 1 aliphatic rings. The van der Waals surface area contributed by atoms with E-state index < -0.39 is 47.2 Å². The number of esters is 1. The monoisotopic (exact) mass is 520 g/mol. The number of hydrogen-bond donors (Lipinski definition) is 4. The first kappa shape index (κ1) is 28.6. The molecule has 0 aliphatic carbocycles. The molecule has 2 aromatic rings. The van der Waals surface area contributed by atoms with Gasteiger partial charge in [-0.05, 0) is 38.8 Å². The summed E-state index contributed by atoms with van der Waals surface area (Å²) < 4.78 is 18.1. The largest absolute Gasteiger partial charge is 0.438 e. The summed E-state index contributed by atoms with van der Waals surface area (Å²) in [7, 11) is 1.50. The molecule has 1 fully saturated rings. The lowest BCUT2D eigenvalue weighted by Gasteiger charge is -2.28. The highest BCUT2D eigenvalue weighted by molar-refractivity contribution is 5.97. The van der Waals surface area contributed by atoms with Crippen LogP contribution in [0.5, 0.6) is 0 Å². The third-order valence-corrected chi connectivity index (χ3v) is 6.09. The Balaban J connectivity index is 1.85. The van der Waals surface area contributed by atoms with Crippen molar-refractivity contribution in [3.63, 3.8) is 0 Å². The number of anilines is 1. The number of nitrogens with one attached hydrogen (secondary N) is 1. The maximum absolute atomic E-state index is 12.5. The number of rotatable bonds is 9. The van der Waals surface area contributed by atoms with E-state index in [9.17, 15) is 19.8 Å². The fourth-order valence-electron chi connectivity index (χ4n) is 3.86. The third kappa shape index (κ3) is 5.80. The maximum Gasteiger partial charge on any atom is 0.313 e. The molecule has 0 aromatic carbocycles. The first-order valence-corrected chi connectivity index (χ1v) is 12.0. The molecule has 2 aromatic heterocycles. The zero-order valence-electron chi connectivity index (χ0n) is 21.9. The van der Waals surface area contributed by atoms with E-state index in [0.717, 1.165) is 0 Å². The van der Waals surface area contributed by atoms with Gasteiger partial charge in [-0.1, -0.05) is 13.8 Å². The fraction of sp³-hybridized carbons (Fsp3) is 0.625. The number of aliphatic imine (C=N–C) groups is 1. The maximum atomic E-state index is 12.5. The Bertz CT molecular complexity index is 1140. The van der Waals surface area contributed by atoms with Crippen LogP contribution in [0.4, 0.5) is 5.82 Å². The number of hydrogen-bond acceptors (Lipinski definition) is 11. The Morgan fingerprint density at radius 3 is 2.68 bits per heavy atom. The van der Waals surface area contributed by atoms with Crippen molar-refractivity contribution in [2.75, 3.05) is 25.8 Å². The summed E-state index contributed by atoms with van der Waals surface area (Å²) in [4.78, 5) is 32.7. The zero-order valence-corrected chi connectivity index (χ0v) is 21.9. The second kappa shape index (κ2) is 11.2. The molecular formula is C24H36N6O7. The van der Waals surface area contributed by atoms with Gasteiger partial charge in [-0.25, -0.2) is 9.50 Å². The Labute approximate surface area is 215 Å². The summed E-state index contributed by atoms with van der Waals surface area (Å²) in [6.07, 6.45) is -1.16. The van der Waals surface area contributed by atoms with Gasteiger partial charge in [0.15, 0.2) is 18.2 Å². The Morgan fingerprint density at radius 1 is 1.35 bits per heavy atom. The van der Waals surface area contributed by atoms with Gasteiger partial charge in [0.2, 0.25) is 5.91 Å². The molecule has 0 unspecified atom stereocenters. The fourth-order valence-corrected chi connectivity index (χ4v) is 3.86. The van der Waals surface area contributed by atoms with Crippen molar-refractivity contribution in [2.24, 2.45) is 22.1 Å². The van der Waals surface area contributed by atoms with E-state index in [0.29, 0.717) is 11.2 Å². The Hall–Kier alpha value is -2.97. The molecule has 0 radical (unpaired) electrons. The number of nitrogens with two attached hydrogens (primary N) is 1. The number of aromatic nitrogens is 3. The van der Waals surface area contributed by atoms with Gasteiger partial charge in [0.25, 0.3) is 0 Å². The zero-order chi connectivity index (χ0) is 27.5. The number of fused-ring (bicyclic) bond motifs is 1. The van der Waals surface area contributed by atoms with Gasteiger partial charge in [0.1, 0.15) is 30.2 Å². The molecule has 13 nitrogen and oxygen atoms in total. The van der Waals surface area contributed by atoms with Crippen LogP contribution in [0.15, 0.2) is 23.5 Å². The molecule has 0 bridgehead atoms. The van der Waals surface area contributed by atoms with Crippen LogP contribution in [0, 0.1) is 11.3 Å². The molecule has 1 saturated heterocycles.